The van der Waals surface area contributed by atoms with Crippen LogP contribution in [0.4, 0.5) is 0 Å². The molecule has 12 heavy (non-hydrogen) atoms. The van der Waals surface area contributed by atoms with Gasteiger partial charge in [-0.3, -0.25) is 19.0 Å². The van der Waals surface area contributed by atoms with Gasteiger partial charge in [0, 0.05) is 12.2 Å². The third-order valence-electron chi connectivity index (χ3n) is 1.19. The zero-order valence-corrected chi connectivity index (χ0v) is 6.61. The molecule has 0 radical (unpaired) electrons. The zero-order chi connectivity index (χ0) is 9.35. The highest BCUT2D eigenvalue weighted by atomic mass is 32.2. The fourth-order valence-electron chi connectivity index (χ4n) is 0.722. The number of hydrogen-bond acceptors (Lipinski definition) is 4. The van der Waals surface area contributed by atoms with Gasteiger partial charge in [-0.15, -0.1) is 0 Å². The summed E-state index contributed by atoms with van der Waals surface area (Å²) in [6.45, 7) is 0. The van der Waals surface area contributed by atoms with Crippen LogP contribution in [0.1, 0.15) is 0 Å². The molecule has 0 aromatic heterocycles. The summed E-state index contributed by atoms with van der Waals surface area (Å²) in [6.07, 6.45) is 1.88. The van der Waals surface area contributed by atoms with Crippen molar-refractivity contribution in [1.82, 2.24) is 4.90 Å². The number of rotatable bonds is 2. The van der Waals surface area contributed by atoms with E-state index in [4.69, 9.17) is 4.55 Å². The summed E-state index contributed by atoms with van der Waals surface area (Å²) in [5.74, 6) is -2.47. The third-order valence-corrected chi connectivity index (χ3v) is 1.78. The average Bonchev–Trinajstić information content (AvgIpc) is 2.16. The van der Waals surface area contributed by atoms with Gasteiger partial charge in [0.05, 0.1) is 0 Å². The van der Waals surface area contributed by atoms with Crippen molar-refractivity contribution in [1.29, 1.82) is 0 Å². The number of nitrogens with zero attached hydrogens (tertiary/aromatic N) is 1. The van der Waals surface area contributed by atoms with Gasteiger partial charge in [0.1, 0.15) is 0 Å². The van der Waals surface area contributed by atoms with Crippen LogP contribution in [0.15, 0.2) is 12.2 Å². The minimum absolute atomic E-state index is 0.426. The maximum atomic E-state index is 10.7. The van der Waals surface area contributed by atoms with Crippen molar-refractivity contribution in [2.45, 2.75) is 0 Å². The van der Waals surface area contributed by atoms with Gasteiger partial charge in [0.15, 0.2) is 5.88 Å². The lowest BCUT2D eigenvalue weighted by atomic mass is 10.6. The van der Waals surface area contributed by atoms with Crippen LogP contribution in [0.25, 0.3) is 0 Å². The number of amides is 2. The van der Waals surface area contributed by atoms with Crippen LogP contribution in [0, 0.1) is 0 Å². The fraction of sp³-hybridized carbons (Fsp3) is 0.200. The first kappa shape index (κ1) is 8.88. The molecule has 0 unspecified atom stereocenters. The van der Waals surface area contributed by atoms with E-state index in [1.807, 2.05) is 0 Å². The van der Waals surface area contributed by atoms with E-state index in [-0.39, 0.29) is 0 Å². The molecule has 66 valence electrons. The molecular formula is C5H5NO5S. The molecule has 0 fully saturated rings. The van der Waals surface area contributed by atoms with E-state index >= 15 is 0 Å². The van der Waals surface area contributed by atoms with Crippen LogP contribution in [0.5, 0.6) is 0 Å². The smallest absolute Gasteiger partial charge is 0.283 e. The molecule has 2 amide bonds. The Hall–Kier alpha value is -1.21. The standard InChI is InChI=1S/C5H5NO5S/c7-4-1-2-5(8)6(4)3-12(9,10)11/h1-2H,3H2,(H,9,10,11). The number of carbonyl (C=O) groups is 2. The molecule has 1 rings (SSSR count). The lowest BCUT2D eigenvalue weighted by Crippen LogP contribution is -2.34. The van der Waals surface area contributed by atoms with Gasteiger partial charge >= 0.3 is 0 Å². The van der Waals surface area contributed by atoms with Gasteiger partial charge in [0.25, 0.3) is 21.9 Å². The average molecular weight is 191 g/mol. The van der Waals surface area contributed by atoms with Crippen LogP contribution < -0.4 is 0 Å². The van der Waals surface area contributed by atoms with Crippen LogP contribution >= 0.6 is 0 Å². The topological polar surface area (TPSA) is 91.8 Å². The summed E-state index contributed by atoms with van der Waals surface area (Å²) in [5, 5.41) is 0. The molecule has 1 N–H and O–H groups in total. The summed E-state index contributed by atoms with van der Waals surface area (Å²) in [7, 11) is -4.33. The van der Waals surface area contributed by atoms with Crippen molar-refractivity contribution in [3.8, 4) is 0 Å². The highest BCUT2D eigenvalue weighted by Crippen LogP contribution is 2.04. The molecule has 0 aromatic rings. The summed E-state index contributed by atoms with van der Waals surface area (Å²) < 4.78 is 28.8. The highest BCUT2D eigenvalue weighted by molar-refractivity contribution is 7.85. The summed E-state index contributed by atoms with van der Waals surface area (Å²) in [4.78, 5) is 21.8. The molecule has 1 heterocycles. The molecular weight excluding hydrogens is 186 g/mol. The Balaban J connectivity index is 2.79. The van der Waals surface area contributed by atoms with Crippen molar-refractivity contribution < 1.29 is 22.6 Å². The second kappa shape index (κ2) is 2.68. The Labute approximate surface area is 68.2 Å². The van der Waals surface area contributed by atoms with Crippen molar-refractivity contribution in [3.05, 3.63) is 12.2 Å². The predicted molar refractivity (Wildman–Crippen MR) is 37.4 cm³/mol. The normalized spacial score (nSPS) is 17.6. The Morgan fingerprint density at radius 1 is 1.25 bits per heavy atom. The van der Waals surface area contributed by atoms with E-state index in [1.54, 1.807) is 0 Å². The molecule has 0 aliphatic carbocycles. The van der Waals surface area contributed by atoms with E-state index in [1.165, 1.54) is 0 Å². The Kier molecular flexibility index (Phi) is 1.99. The van der Waals surface area contributed by atoms with E-state index in [2.05, 4.69) is 0 Å². The molecule has 1 aliphatic heterocycles. The second-order valence-corrected chi connectivity index (χ2v) is 3.57. The highest BCUT2D eigenvalue weighted by Gasteiger charge is 2.27. The SMILES string of the molecule is O=C1C=CC(=O)N1CS(=O)(=O)O. The number of carbonyl (C=O) groups excluding carboxylic acids is 2. The number of imide groups is 1. The molecule has 6 nitrogen and oxygen atoms in total. The first-order valence-electron chi connectivity index (χ1n) is 2.89. The lowest BCUT2D eigenvalue weighted by Gasteiger charge is -2.09. The molecule has 7 heteroatoms. The largest absolute Gasteiger partial charge is 0.284 e. The minimum Gasteiger partial charge on any atom is -0.284 e. The van der Waals surface area contributed by atoms with Gasteiger partial charge in [0.2, 0.25) is 0 Å². The summed E-state index contributed by atoms with van der Waals surface area (Å²) >= 11 is 0. The van der Waals surface area contributed by atoms with E-state index in [0.29, 0.717) is 4.90 Å². The summed E-state index contributed by atoms with van der Waals surface area (Å²) in [5.41, 5.74) is 0. The quantitative estimate of drug-likeness (QED) is 0.435. The maximum absolute atomic E-state index is 10.7. The van der Waals surface area contributed by atoms with E-state index in [0.717, 1.165) is 12.2 Å². The van der Waals surface area contributed by atoms with Crippen molar-refractivity contribution in [2.75, 3.05) is 5.88 Å². The first-order chi connectivity index (χ1) is 5.40. The van der Waals surface area contributed by atoms with Crippen LogP contribution in [0.2, 0.25) is 0 Å². The Morgan fingerprint density at radius 3 is 2.00 bits per heavy atom. The van der Waals surface area contributed by atoms with Crippen molar-refractivity contribution >= 4 is 21.9 Å². The van der Waals surface area contributed by atoms with Gasteiger partial charge in [-0.2, -0.15) is 8.42 Å². The van der Waals surface area contributed by atoms with Crippen LogP contribution in [-0.4, -0.2) is 35.6 Å². The van der Waals surface area contributed by atoms with Gasteiger partial charge in [-0.05, 0) is 0 Å². The molecule has 0 spiro atoms. The lowest BCUT2D eigenvalue weighted by molar-refractivity contribution is -0.135. The predicted octanol–water partition coefficient (Wildman–Crippen LogP) is -1.24. The molecule has 0 aromatic carbocycles. The molecule has 0 saturated carbocycles. The van der Waals surface area contributed by atoms with Gasteiger partial charge in [-0.25, -0.2) is 0 Å². The zero-order valence-electron chi connectivity index (χ0n) is 5.80. The van der Waals surface area contributed by atoms with Crippen molar-refractivity contribution in [2.24, 2.45) is 0 Å². The van der Waals surface area contributed by atoms with Gasteiger partial charge < -0.3 is 0 Å². The van der Waals surface area contributed by atoms with Crippen LogP contribution in [-0.2, 0) is 19.7 Å². The summed E-state index contributed by atoms with van der Waals surface area (Å²) in [6, 6.07) is 0. The molecule has 0 bridgehead atoms. The van der Waals surface area contributed by atoms with E-state index < -0.39 is 27.8 Å². The Morgan fingerprint density at radius 2 is 1.67 bits per heavy atom. The second-order valence-electron chi connectivity index (χ2n) is 2.15. The fourth-order valence-corrected chi connectivity index (χ4v) is 1.30. The van der Waals surface area contributed by atoms with Crippen LogP contribution in [0.3, 0.4) is 0 Å². The van der Waals surface area contributed by atoms with E-state index in [9.17, 15) is 18.0 Å². The molecule has 0 saturated heterocycles. The minimum atomic E-state index is -4.33. The van der Waals surface area contributed by atoms with Crippen molar-refractivity contribution in [3.63, 3.8) is 0 Å². The Bertz CT molecular complexity index is 336. The molecule has 0 atom stereocenters. The van der Waals surface area contributed by atoms with Gasteiger partial charge in [-0.1, -0.05) is 0 Å². The maximum Gasteiger partial charge on any atom is 0.283 e. The first-order valence-corrected chi connectivity index (χ1v) is 4.50. The monoisotopic (exact) mass is 191 g/mol. The molecule has 1 aliphatic rings. The number of hydrogen-bond donors (Lipinski definition) is 1. The third kappa shape index (κ3) is 1.89.